The lowest BCUT2D eigenvalue weighted by Crippen LogP contribution is -2.28. The van der Waals surface area contributed by atoms with E-state index < -0.39 is 0 Å². The third-order valence-electron chi connectivity index (χ3n) is 3.71. The molecule has 1 N–H and O–H groups in total. The Bertz CT molecular complexity index is 390. The Morgan fingerprint density at radius 1 is 1.47 bits per heavy atom. The molecule has 0 fully saturated rings. The highest BCUT2D eigenvalue weighted by molar-refractivity contribution is 5.58. The van der Waals surface area contributed by atoms with Crippen molar-refractivity contribution in [1.82, 2.24) is 4.90 Å². The molecule has 1 aromatic rings. The lowest BCUT2D eigenvalue weighted by molar-refractivity contribution is 0.264. The van der Waals surface area contributed by atoms with Gasteiger partial charge in [-0.2, -0.15) is 0 Å². The van der Waals surface area contributed by atoms with E-state index in [4.69, 9.17) is 0 Å². The fraction of sp³-hybridized carbons (Fsp3) is 0.571. The summed E-state index contributed by atoms with van der Waals surface area (Å²) >= 11 is 0. The molecule has 17 heavy (non-hydrogen) atoms. The van der Waals surface area contributed by atoms with Crippen molar-refractivity contribution in [1.29, 1.82) is 0 Å². The highest BCUT2D eigenvalue weighted by Crippen LogP contribution is 2.35. The lowest BCUT2D eigenvalue weighted by atomic mass is 9.97. The number of halogens is 1. The van der Waals surface area contributed by atoms with Crippen LogP contribution in [-0.4, -0.2) is 31.1 Å². The van der Waals surface area contributed by atoms with Crippen LogP contribution in [0.4, 0.5) is 10.1 Å². The summed E-state index contributed by atoms with van der Waals surface area (Å²) < 4.78 is 13.8. The number of hydrogen-bond donors (Lipinski definition) is 1. The van der Waals surface area contributed by atoms with E-state index in [1.165, 1.54) is 0 Å². The van der Waals surface area contributed by atoms with Gasteiger partial charge in [-0.25, -0.2) is 4.39 Å². The molecule has 1 heterocycles. The largest absolute Gasteiger partial charge is 0.384 e. The van der Waals surface area contributed by atoms with Gasteiger partial charge in [0.2, 0.25) is 0 Å². The van der Waals surface area contributed by atoms with Crippen molar-refractivity contribution < 1.29 is 4.39 Å². The predicted molar refractivity (Wildman–Crippen MR) is 70.0 cm³/mol. The molecule has 0 radical (unpaired) electrons. The van der Waals surface area contributed by atoms with Crippen molar-refractivity contribution in [2.45, 2.75) is 32.2 Å². The predicted octanol–water partition coefficient (Wildman–Crippen LogP) is 3.07. The maximum atomic E-state index is 13.8. The summed E-state index contributed by atoms with van der Waals surface area (Å²) in [6.07, 6.45) is 1.01. The van der Waals surface area contributed by atoms with Gasteiger partial charge in [0, 0.05) is 29.8 Å². The summed E-state index contributed by atoms with van der Waals surface area (Å²) in [7, 11) is 2.12. The summed E-state index contributed by atoms with van der Waals surface area (Å²) in [5.74, 6) is 0.247. The van der Waals surface area contributed by atoms with Crippen LogP contribution in [-0.2, 0) is 0 Å². The number of nitrogens with one attached hydrogen (secondary N) is 1. The van der Waals surface area contributed by atoms with Gasteiger partial charge >= 0.3 is 0 Å². The molecule has 0 saturated heterocycles. The minimum absolute atomic E-state index is 0.0651. The van der Waals surface area contributed by atoms with Crippen LogP contribution in [0, 0.1) is 5.82 Å². The second-order valence-electron chi connectivity index (χ2n) is 5.14. The van der Waals surface area contributed by atoms with Crippen LogP contribution < -0.4 is 5.32 Å². The topological polar surface area (TPSA) is 15.3 Å². The zero-order valence-corrected chi connectivity index (χ0v) is 10.8. The van der Waals surface area contributed by atoms with Gasteiger partial charge in [-0.1, -0.05) is 6.07 Å². The third-order valence-corrected chi connectivity index (χ3v) is 3.71. The first-order chi connectivity index (χ1) is 8.09. The van der Waals surface area contributed by atoms with Crippen molar-refractivity contribution in [3.8, 4) is 0 Å². The number of hydrogen-bond acceptors (Lipinski definition) is 2. The molecule has 0 aromatic heterocycles. The number of nitrogens with zero attached hydrogens (tertiary/aromatic N) is 1. The van der Waals surface area contributed by atoms with E-state index in [1.54, 1.807) is 12.1 Å². The first-order valence-electron chi connectivity index (χ1n) is 6.32. The average Bonchev–Trinajstić information content (AvgIpc) is 2.70. The Kier molecular flexibility index (Phi) is 3.67. The fourth-order valence-corrected chi connectivity index (χ4v) is 2.31. The van der Waals surface area contributed by atoms with Crippen LogP contribution in [0.1, 0.15) is 31.7 Å². The van der Waals surface area contributed by atoms with Gasteiger partial charge in [0.05, 0.1) is 0 Å². The van der Waals surface area contributed by atoms with Gasteiger partial charge in [-0.15, -0.1) is 0 Å². The summed E-state index contributed by atoms with van der Waals surface area (Å²) in [4.78, 5) is 2.30. The van der Waals surface area contributed by atoms with Crippen LogP contribution in [0.2, 0.25) is 0 Å². The molecule has 0 amide bonds. The van der Waals surface area contributed by atoms with E-state index in [9.17, 15) is 4.39 Å². The molecule has 0 aliphatic carbocycles. The van der Waals surface area contributed by atoms with Gasteiger partial charge in [0.15, 0.2) is 0 Å². The third kappa shape index (κ3) is 2.60. The first-order valence-corrected chi connectivity index (χ1v) is 6.32. The molecule has 1 aliphatic rings. The molecular weight excluding hydrogens is 215 g/mol. The lowest BCUT2D eigenvalue weighted by Gasteiger charge is -2.22. The normalized spacial score (nSPS) is 18.6. The Morgan fingerprint density at radius 3 is 2.94 bits per heavy atom. The molecule has 3 heteroatoms. The molecule has 1 atom stereocenters. The minimum atomic E-state index is -0.0651. The standard InChI is InChI=1S/C14H21FN2/c1-10(2)17(3)8-7-11-9-16-13-6-4-5-12(15)14(11)13/h4-6,10-11,16H,7-9H2,1-3H3/t11-/m1/s1. The molecule has 2 nitrogen and oxygen atoms in total. The smallest absolute Gasteiger partial charge is 0.128 e. The Balaban J connectivity index is 2.02. The molecule has 0 spiro atoms. The van der Waals surface area contributed by atoms with Gasteiger partial charge in [-0.3, -0.25) is 0 Å². The monoisotopic (exact) mass is 236 g/mol. The number of anilines is 1. The van der Waals surface area contributed by atoms with Crippen LogP contribution in [0.15, 0.2) is 18.2 Å². The van der Waals surface area contributed by atoms with Crippen molar-refractivity contribution >= 4 is 5.69 Å². The first kappa shape index (κ1) is 12.4. The SMILES string of the molecule is CC(C)N(C)CC[C@@H]1CNc2cccc(F)c21. The van der Waals surface area contributed by atoms with Gasteiger partial charge in [0.25, 0.3) is 0 Å². The van der Waals surface area contributed by atoms with Gasteiger partial charge in [-0.05, 0) is 46.0 Å². The van der Waals surface area contributed by atoms with Crippen LogP contribution >= 0.6 is 0 Å². The van der Waals surface area contributed by atoms with E-state index >= 15 is 0 Å². The Morgan fingerprint density at radius 2 is 2.24 bits per heavy atom. The second-order valence-corrected chi connectivity index (χ2v) is 5.14. The molecule has 1 aromatic carbocycles. The number of rotatable bonds is 4. The average molecular weight is 236 g/mol. The minimum Gasteiger partial charge on any atom is -0.384 e. The Labute approximate surface area is 103 Å². The summed E-state index contributed by atoms with van der Waals surface area (Å²) in [5.41, 5.74) is 1.85. The maximum Gasteiger partial charge on any atom is 0.128 e. The van der Waals surface area contributed by atoms with Crippen molar-refractivity contribution in [2.24, 2.45) is 0 Å². The van der Waals surface area contributed by atoms with Gasteiger partial charge in [0.1, 0.15) is 5.82 Å². The zero-order valence-electron chi connectivity index (χ0n) is 10.8. The maximum absolute atomic E-state index is 13.8. The molecular formula is C14H21FN2. The highest BCUT2D eigenvalue weighted by Gasteiger charge is 2.25. The molecule has 0 saturated carbocycles. The van der Waals surface area contributed by atoms with Crippen molar-refractivity contribution in [3.63, 3.8) is 0 Å². The summed E-state index contributed by atoms with van der Waals surface area (Å²) in [6.45, 7) is 6.24. The number of benzene rings is 1. The molecule has 2 rings (SSSR count). The molecule has 0 unspecified atom stereocenters. The number of fused-ring (bicyclic) bond motifs is 1. The van der Waals surface area contributed by atoms with Crippen LogP contribution in [0.25, 0.3) is 0 Å². The quantitative estimate of drug-likeness (QED) is 0.864. The van der Waals surface area contributed by atoms with Crippen LogP contribution in [0.3, 0.4) is 0 Å². The molecule has 94 valence electrons. The summed E-state index contributed by atoms with van der Waals surface area (Å²) in [5, 5.41) is 3.29. The molecule has 0 bridgehead atoms. The van der Waals surface area contributed by atoms with E-state index in [0.29, 0.717) is 12.0 Å². The Hall–Kier alpha value is -1.09. The fourth-order valence-electron chi connectivity index (χ4n) is 2.31. The van der Waals surface area contributed by atoms with Crippen LogP contribution in [0.5, 0.6) is 0 Å². The summed E-state index contributed by atoms with van der Waals surface area (Å²) in [6, 6.07) is 5.84. The van der Waals surface area contributed by atoms with E-state index in [0.717, 1.165) is 30.8 Å². The second kappa shape index (κ2) is 5.05. The zero-order chi connectivity index (χ0) is 12.4. The highest BCUT2D eigenvalue weighted by atomic mass is 19.1. The van der Waals surface area contributed by atoms with E-state index in [2.05, 4.69) is 31.1 Å². The van der Waals surface area contributed by atoms with Crippen molar-refractivity contribution in [2.75, 3.05) is 25.5 Å². The van der Waals surface area contributed by atoms with Gasteiger partial charge < -0.3 is 10.2 Å². The molecule has 1 aliphatic heterocycles. The van der Waals surface area contributed by atoms with Crippen molar-refractivity contribution in [3.05, 3.63) is 29.6 Å². The van der Waals surface area contributed by atoms with E-state index in [1.807, 2.05) is 6.07 Å². The van der Waals surface area contributed by atoms with E-state index in [-0.39, 0.29) is 5.82 Å².